The molecule has 5 heteroatoms. The molecule has 0 saturated carbocycles. The molecule has 2 aromatic heterocycles. The third kappa shape index (κ3) is 2.46. The molecule has 0 radical (unpaired) electrons. The van der Waals surface area contributed by atoms with Gasteiger partial charge in [-0.05, 0) is 29.8 Å². The second-order valence-electron chi connectivity index (χ2n) is 4.93. The van der Waals surface area contributed by atoms with Gasteiger partial charge in [0.15, 0.2) is 4.96 Å². The molecule has 0 saturated heterocycles. The minimum absolute atomic E-state index is 0.220. The summed E-state index contributed by atoms with van der Waals surface area (Å²) < 4.78 is 16.1. The van der Waals surface area contributed by atoms with Crippen LogP contribution in [0.4, 0.5) is 4.39 Å². The first-order chi connectivity index (χ1) is 10.7. The van der Waals surface area contributed by atoms with Gasteiger partial charge in [0, 0.05) is 22.4 Å². The smallest absolute Gasteiger partial charge is 0.194 e. The van der Waals surface area contributed by atoms with Crippen LogP contribution >= 0.6 is 27.3 Å². The highest BCUT2D eigenvalue weighted by molar-refractivity contribution is 9.10. The second kappa shape index (κ2) is 5.34. The van der Waals surface area contributed by atoms with E-state index < -0.39 is 0 Å². The predicted octanol–water partition coefficient (Wildman–Crippen LogP) is 5.63. The summed E-state index contributed by atoms with van der Waals surface area (Å²) in [6.45, 7) is 0. The molecule has 0 aliphatic carbocycles. The van der Waals surface area contributed by atoms with Crippen molar-refractivity contribution in [2.24, 2.45) is 0 Å². The second-order valence-corrected chi connectivity index (χ2v) is 6.85. The van der Waals surface area contributed by atoms with Gasteiger partial charge in [-0.1, -0.05) is 51.5 Å². The van der Waals surface area contributed by atoms with Gasteiger partial charge in [0.1, 0.15) is 5.82 Å². The molecular weight excluding hydrogens is 363 g/mol. The number of hydrogen-bond donors (Lipinski definition) is 0. The van der Waals surface area contributed by atoms with Gasteiger partial charge in [-0.2, -0.15) is 0 Å². The fourth-order valence-corrected chi connectivity index (χ4v) is 3.54. The van der Waals surface area contributed by atoms with Crippen molar-refractivity contribution < 1.29 is 4.39 Å². The number of hydrogen-bond acceptors (Lipinski definition) is 2. The van der Waals surface area contributed by atoms with Crippen LogP contribution in [-0.4, -0.2) is 9.38 Å². The molecule has 22 heavy (non-hydrogen) atoms. The van der Waals surface area contributed by atoms with Gasteiger partial charge < -0.3 is 0 Å². The van der Waals surface area contributed by atoms with E-state index in [0.717, 1.165) is 31.1 Å². The normalized spacial score (nSPS) is 11.2. The standard InChI is InChI=1S/C17H10BrFN2S/c18-13-5-1-11(2-6-13)15-9-21-10-16(22-17(21)20-15)12-3-7-14(19)8-4-12/h1-10H. The molecule has 2 nitrogen and oxygen atoms in total. The molecule has 0 aliphatic rings. The van der Waals surface area contributed by atoms with Crippen LogP contribution in [0.15, 0.2) is 65.4 Å². The number of aromatic nitrogens is 2. The van der Waals surface area contributed by atoms with E-state index >= 15 is 0 Å². The van der Waals surface area contributed by atoms with Crippen LogP contribution in [0.1, 0.15) is 0 Å². The van der Waals surface area contributed by atoms with E-state index in [0.29, 0.717) is 0 Å². The van der Waals surface area contributed by atoms with Crippen LogP contribution in [0.2, 0.25) is 0 Å². The quantitative estimate of drug-likeness (QED) is 0.445. The molecule has 4 rings (SSSR count). The number of imidazole rings is 1. The summed E-state index contributed by atoms with van der Waals surface area (Å²) in [5, 5.41) is 0. The number of benzene rings is 2. The van der Waals surface area contributed by atoms with Crippen molar-refractivity contribution in [1.82, 2.24) is 9.38 Å². The average Bonchev–Trinajstić information content (AvgIpc) is 3.07. The zero-order valence-electron chi connectivity index (χ0n) is 11.3. The lowest BCUT2D eigenvalue weighted by Crippen LogP contribution is -1.77. The summed E-state index contributed by atoms with van der Waals surface area (Å²) in [7, 11) is 0. The Labute approximate surface area is 139 Å². The first kappa shape index (κ1) is 13.7. The number of fused-ring (bicyclic) bond motifs is 1. The average molecular weight is 373 g/mol. The van der Waals surface area contributed by atoms with Crippen LogP contribution in [0, 0.1) is 5.82 Å². The predicted molar refractivity (Wildman–Crippen MR) is 91.6 cm³/mol. The van der Waals surface area contributed by atoms with Gasteiger partial charge in [0.05, 0.1) is 10.6 Å². The maximum atomic E-state index is 13.0. The molecule has 0 atom stereocenters. The Bertz CT molecular complexity index is 833. The van der Waals surface area contributed by atoms with Gasteiger partial charge in [-0.3, -0.25) is 4.40 Å². The van der Waals surface area contributed by atoms with Gasteiger partial charge in [0.2, 0.25) is 0 Å². The summed E-state index contributed by atoms with van der Waals surface area (Å²) >= 11 is 5.03. The third-order valence-electron chi connectivity index (χ3n) is 3.42. The molecular formula is C17H10BrFN2S. The lowest BCUT2D eigenvalue weighted by Gasteiger charge is -1.97. The SMILES string of the molecule is Fc1ccc(-c2cn3cc(-c4ccc(Br)cc4)nc3s2)cc1. The summed E-state index contributed by atoms with van der Waals surface area (Å²) in [5.41, 5.74) is 3.04. The Morgan fingerprint density at radius 1 is 0.909 bits per heavy atom. The fourth-order valence-electron chi connectivity index (χ4n) is 2.30. The summed E-state index contributed by atoms with van der Waals surface area (Å²) in [5.74, 6) is -0.220. The van der Waals surface area contributed by atoms with Crippen molar-refractivity contribution in [2.45, 2.75) is 0 Å². The molecule has 0 bridgehead atoms. The summed E-state index contributed by atoms with van der Waals surface area (Å²) in [4.78, 5) is 6.67. The van der Waals surface area contributed by atoms with E-state index in [-0.39, 0.29) is 5.82 Å². The third-order valence-corrected chi connectivity index (χ3v) is 5.00. The zero-order chi connectivity index (χ0) is 15.1. The van der Waals surface area contributed by atoms with Crippen LogP contribution < -0.4 is 0 Å². The van der Waals surface area contributed by atoms with E-state index in [2.05, 4.69) is 20.9 Å². The molecule has 2 aromatic carbocycles. The minimum Gasteiger partial charge on any atom is -0.296 e. The van der Waals surface area contributed by atoms with Crippen molar-refractivity contribution in [2.75, 3.05) is 0 Å². The highest BCUT2D eigenvalue weighted by atomic mass is 79.9. The largest absolute Gasteiger partial charge is 0.296 e. The topological polar surface area (TPSA) is 17.3 Å². The van der Waals surface area contributed by atoms with Crippen molar-refractivity contribution in [1.29, 1.82) is 0 Å². The molecule has 2 heterocycles. The van der Waals surface area contributed by atoms with Crippen molar-refractivity contribution in [3.05, 3.63) is 71.2 Å². The first-order valence-electron chi connectivity index (χ1n) is 6.69. The van der Waals surface area contributed by atoms with Gasteiger partial charge in [-0.15, -0.1) is 0 Å². The van der Waals surface area contributed by atoms with Gasteiger partial charge in [-0.25, -0.2) is 9.37 Å². The summed E-state index contributed by atoms with van der Waals surface area (Å²) in [6, 6.07) is 14.6. The lowest BCUT2D eigenvalue weighted by molar-refractivity contribution is 0.628. The molecule has 0 amide bonds. The van der Waals surface area contributed by atoms with Crippen molar-refractivity contribution in [3.8, 4) is 21.7 Å². The van der Waals surface area contributed by atoms with Crippen LogP contribution in [0.25, 0.3) is 26.7 Å². The van der Waals surface area contributed by atoms with E-state index in [9.17, 15) is 4.39 Å². The van der Waals surface area contributed by atoms with Crippen LogP contribution in [0.3, 0.4) is 0 Å². The minimum atomic E-state index is -0.220. The van der Waals surface area contributed by atoms with Crippen molar-refractivity contribution in [3.63, 3.8) is 0 Å². The number of halogens is 2. The Kier molecular flexibility index (Phi) is 3.32. The molecule has 0 unspecified atom stereocenters. The Morgan fingerprint density at radius 3 is 2.27 bits per heavy atom. The molecule has 0 spiro atoms. The molecule has 0 fully saturated rings. The number of thiazole rings is 1. The zero-order valence-corrected chi connectivity index (χ0v) is 13.7. The van der Waals surface area contributed by atoms with Gasteiger partial charge >= 0.3 is 0 Å². The monoisotopic (exact) mass is 372 g/mol. The van der Waals surface area contributed by atoms with E-state index in [1.807, 2.05) is 41.1 Å². The van der Waals surface area contributed by atoms with Crippen LogP contribution in [0.5, 0.6) is 0 Å². The maximum Gasteiger partial charge on any atom is 0.194 e. The molecule has 0 N–H and O–H groups in total. The number of nitrogens with zero attached hydrogens (tertiary/aromatic N) is 2. The highest BCUT2D eigenvalue weighted by Crippen LogP contribution is 2.30. The van der Waals surface area contributed by atoms with E-state index in [4.69, 9.17) is 0 Å². The molecule has 4 aromatic rings. The Hall–Kier alpha value is -1.98. The summed E-state index contributed by atoms with van der Waals surface area (Å²) in [6.07, 6.45) is 4.05. The highest BCUT2D eigenvalue weighted by Gasteiger charge is 2.09. The lowest BCUT2D eigenvalue weighted by atomic mass is 10.2. The number of rotatable bonds is 2. The van der Waals surface area contributed by atoms with Gasteiger partial charge in [0.25, 0.3) is 0 Å². The Balaban J connectivity index is 1.73. The van der Waals surface area contributed by atoms with E-state index in [1.54, 1.807) is 23.5 Å². The fraction of sp³-hybridized carbons (Fsp3) is 0. The van der Waals surface area contributed by atoms with Crippen LogP contribution in [-0.2, 0) is 0 Å². The molecule has 0 aliphatic heterocycles. The first-order valence-corrected chi connectivity index (χ1v) is 8.30. The maximum absolute atomic E-state index is 13.0. The molecule has 108 valence electrons. The van der Waals surface area contributed by atoms with Crippen molar-refractivity contribution >= 4 is 32.2 Å². The Morgan fingerprint density at radius 2 is 1.59 bits per heavy atom. The van der Waals surface area contributed by atoms with E-state index in [1.165, 1.54) is 12.1 Å².